The first-order chi connectivity index (χ1) is 15.6. The Morgan fingerprint density at radius 3 is 2.66 bits per heavy atom. The van der Waals surface area contributed by atoms with Gasteiger partial charge in [0.15, 0.2) is 5.11 Å². The van der Waals surface area contributed by atoms with Crippen LogP contribution in [0.25, 0.3) is 10.9 Å². The number of benzene rings is 2. The molecule has 0 aliphatic carbocycles. The topological polar surface area (TPSA) is 53.4 Å². The highest BCUT2D eigenvalue weighted by molar-refractivity contribution is 7.80. The van der Waals surface area contributed by atoms with Crippen LogP contribution in [0.1, 0.15) is 25.1 Å². The van der Waals surface area contributed by atoms with Gasteiger partial charge < -0.3 is 15.1 Å². The standard InChI is InChI=1S/C24H26ClN5OS/c25-17-5-4-6-19(15-17)28-11-13-29(14-12-28)24(32)26-18-8-9-21-20(16-18)23(31)30-10-3-1-2-7-22(30)27-21/h4-6,8-9,15-16H,1-3,7,10-14H2,(H,26,32). The molecule has 1 fully saturated rings. The minimum Gasteiger partial charge on any atom is -0.368 e. The Bertz CT molecular complexity index is 1220. The van der Waals surface area contributed by atoms with E-state index in [1.807, 2.05) is 41.0 Å². The van der Waals surface area contributed by atoms with Gasteiger partial charge >= 0.3 is 0 Å². The van der Waals surface area contributed by atoms with Crippen LogP contribution >= 0.6 is 23.8 Å². The third-order valence-electron chi connectivity index (χ3n) is 6.31. The van der Waals surface area contributed by atoms with E-state index < -0.39 is 0 Å². The zero-order chi connectivity index (χ0) is 22.1. The first-order valence-electron chi connectivity index (χ1n) is 11.2. The Morgan fingerprint density at radius 1 is 1.00 bits per heavy atom. The molecule has 8 heteroatoms. The van der Waals surface area contributed by atoms with Gasteiger partial charge in [-0.05, 0) is 61.5 Å². The van der Waals surface area contributed by atoms with Crippen LogP contribution in [0.4, 0.5) is 11.4 Å². The van der Waals surface area contributed by atoms with E-state index >= 15 is 0 Å². The highest BCUT2D eigenvalue weighted by Crippen LogP contribution is 2.22. The maximum atomic E-state index is 13.1. The maximum Gasteiger partial charge on any atom is 0.261 e. The minimum absolute atomic E-state index is 0.0524. The largest absolute Gasteiger partial charge is 0.368 e. The number of aromatic nitrogens is 2. The van der Waals surface area contributed by atoms with Gasteiger partial charge in [0.05, 0.1) is 10.9 Å². The van der Waals surface area contributed by atoms with Crippen LogP contribution in [-0.2, 0) is 13.0 Å². The SMILES string of the molecule is O=c1c2cc(NC(=S)N3CCN(c4cccc(Cl)c4)CC3)ccc2nc2n1CCCCC2. The van der Waals surface area contributed by atoms with Gasteiger partial charge in [0.1, 0.15) is 5.82 Å². The minimum atomic E-state index is 0.0524. The molecule has 2 aliphatic rings. The van der Waals surface area contributed by atoms with Crippen molar-refractivity contribution < 1.29 is 0 Å². The number of hydrogen-bond donors (Lipinski definition) is 1. The Balaban J connectivity index is 1.29. The van der Waals surface area contributed by atoms with Crippen molar-refractivity contribution in [3.8, 4) is 0 Å². The number of anilines is 2. The molecule has 0 radical (unpaired) electrons. The number of hydrogen-bond acceptors (Lipinski definition) is 4. The molecule has 166 valence electrons. The van der Waals surface area contributed by atoms with Gasteiger partial charge in [-0.25, -0.2) is 4.98 Å². The molecule has 5 rings (SSSR count). The van der Waals surface area contributed by atoms with E-state index in [1.54, 1.807) is 0 Å². The summed E-state index contributed by atoms with van der Waals surface area (Å²) >= 11 is 11.8. The summed E-state index contributed by atoms with van der Waals surface area (Å²) in [5, 5.41) is 5.41. The summed E-state index contributed by atoms with van der Waals surface area (Å²) in [7, 11) is 0. The quantitative estimate of drug-likeness (QED) is 0.567. The summed E-state index contributed by atoms with van der Waals surface area (Å²) < 4.78 is 1.85. The van der Waals surface area contributed by atoms with Crippen LogP contribution in [0.2, 0.25) is 5.02 Å². The maximum absolute atomic E-state index is 13.1. The number of piperazine rings is 1. The molecule has 32 heavy (non-hydrogen) atoms. The lowest BCUT2D eigenvalue weighted by Crippen LogP contribution is -2.50. The van der Waals surface area contributed by atoms with Crippen molar-refractivity contribution in [2.75, 3.05) is 36.4 Å². The Kier molecular flexibility index (Phi) is 6.02. The first kappa shape index (κ1) is 21.2. The normalized spacial score (nSPS) is 16.5. The molecular formula is C24H26ClN5OS. The number of nitrogens with zero attached hydrogens (tertiary/aromatic N) is 4. The molecule has 0 unspecified atom stereocenters. The van der Waals surface area contributed by atoms with E-state index in [-0.39, 0.29) is 5.56 Å². The predicted octanol–water partition coefficient (Wildman–Crippen LogP) is 4.30. The van der Waals surface area contributed by atoms with Gasteiger partial charge in [0.25, 0.3) is 5.56 Å². The van der Waals surface area contributed by atoms with Crippen LogP contribution in [0, 0.1) is 0 Å². The molecule has 2 aromatic carbocycles. The monoisotopic (exact) mass is 467 g/mol. The molecule has 0 spiro atoms. The van der Waals surface area contributed by atoms with Crippen molar-refractivity contribution in [1.29, 1.82) is 0 Å². The second-order valence-electron chi connectivity index (χ2n) is 8.41. The number of rotatable bonds is 2. The molecule has 0 bridgehead atoms. The molecule has 0 amide bonds. The van der Waals surface area contributed by atoms with E-state index in [0.29, 0.717) is 10.5 Å². The molecule has 1 aromatic heterocycles. The zero-order valence-corrected chi connectivity index (χ0v) is 19.5. The number of fused-ring (bicyclic) bond motifs is 2. The lowest BCUT2D eigenvalue weighted by atomic mass is 10.2. The molecule has 2 aliphatic heterocycles. The molecule has 3 aromatic rings. The Labute approximate surface area is 197 Å². The molecule has 0 atom stereocenters. The fourth-order valence-corrected chi connectivity index (χ4v) is 5.02. The van der Waals surface area contributed by atoms with Crippen molar-refractivity contribution >= 4 is 51.2 Å². The molecule has 6 nitrogen and oxygen atoms in total. The number of nitrogens with one attached hydrogen (secondary N) is 1. The third-order valence-corrected chi connectivity index (χ3v) is 6.90. The van der Waals surface area contributed by atoms with E-state index in [1.165, 1.54) is 0 Å². The highest BCUT2D eigenvalue weighted by atomic mass is 35.5. The van der Waals surface area contributed by atoms with Gasteiger partial charge in [0, 0.05) is 55.5 Å². The fourth-order valence-electron chi connectivity index (χ4n) is 4.54. The molecule has 1 N–H and O–H groups in total. The van der Waals surface area contributed by atoms with Crippen molar-refractivity contribution in [3.63, 3.8) is 0 Å². The van der Waals surface area contributed by atoms with Crippen LogP contribution in [0.15, 0.2) is 47.3 Å². The van der Waals surface area contributed by atoms with Crippen molar-refractivity contribution in [3.05, 3.63) is 63.7 Å². The van der Waals surface area contributed by atoms with Gasteiger partial charge in [-0.3, -0.25) is 9.36 Å². The molecule has 0 saturated carbocycles. The summed E-state index contributed by atoms with van der Waals surface area (Å²) in [4.78, 5) is 22.4. The average molecular weight is 468 g/mol. The summed E-state index contributed by atoms with van der Waals surface area (Å²) in [6.45, 7) is 4.14. The van der Waals surface area contributed by atoms with Gasteiger partial charge in [0.2, 0.25) is 0 Å². The van der Waals surface area contributed by atoms with Gasteiger partial charge in [-0.2, -0.15) is 0 Å². The lowest BCUT2D eigenvalue weighted by molar-refractivity contribution is 0.391. The average Bonchev–Trinajstić information content (AvgIpc) is 3.05. The molecule has 1 saturated heterocycles. The van der Waals surface area contributed by atoms with Gasteiger partial charge in [-0.1, -0.05) is 24.1 Å². The smallest absolute Gasteiger partial charge is 0.261 e. The van der Waals surface area contributed by atoms with Crippen LogP contribution in [0.5, 0.6) is 0 Å². The second kappa shape index (κ2) is 9.08. The van der Waals surface area contributed by atoms with Crippen LogP contribution < -0.4 is 15.8 Å². The Morgan fingerprint density at radius 2 is 1.84 bits per heavy atom. The number of aryl methyl sites for hydroxylation is 1. The summed E-state index contributed by atoms with van der Waals surface area (Å²) in [6, 6.07) is 13.7. The number of thiocarbonyl (C=S) groups is 1. The van der Waals surface area contributed by atoms with E-state index in [9.17, 15) is 4.79 Å². The lowest BCUT2D eigenvalue weighted by Gasteiger charge is -2.37. The predicted molar refractivity (Wildman–Crippen MR) is 135 cm³/mol. The summed E-state index contributed by atoms with van der Waals surface area (Å²) in [5.41, 5.74) is 2.77. The van der Waals surface area contributed by atoms with Crippen molar-refractivity contribution in [2.24, 2.45) is 0 Å². The van der Waals surface area contributed by atoms with E-state index in [4.69, 9.17) is 28.8 Å². The zero-order valence-electron chi connectivity index (χ0n) is 17.9. The molecule has 3 heterocycles. The fraction of sp³-hybridized carbons (Fsp3) is 0.375. The molecular weight excluding hydrogens is 442 g/mol. The van der Waals surface area contributed by atoms with E-state index in [0.717, 1.165) is 86.1 Å². The Hall–Kier alpha value is -2.64. The number of halogens is 1. The third kappa shape index (κ3) is 4.32. The highest BCUT2D eigenvalue weighted by Gasteiger charge is 2.20. The summed E-state index contributed by atoms with van der Waals surface area (Å²) in [6.07, 6.45) is 4.14. The van der Waals surface area contributed by atoms with Crippen molar-refractivity contribution in [2.45, 2.75) is 32.2 Å². The van der Waals surface area contributed by atoms with Crippen molar-refractivity contribution in [1.82, 2.24) is 14.5 Å². The first-order valence-corrected chi connectivity index (χ1v) is 12.0. The van der Waals surface area contributed by atoms with E-state index in [2.05, 4.69) is 21.2 Å². The van der Waals surface area contributed by atoms with Crippen LogP contribution in [-0.4, -0.2) is 45.7 Å². The second-order valence-corrected chi connectivity index (χ2v) is 9.23. The van der Waals surface area contributed by atoms with Crippen LogP contribution in [0.3, 0.4) is 0 Å². The summed E-state index contributed by atoms with van der Waals surface area (Å²) in [5.74, 6) is 0.911. The van der Waals surface area contributed by atoms with Gasteiger partial charge in [-0.15, -0.1) is 0 Å².